The number of likely N-dealkylation sites (tertiary alicyclic amines) is 1. The van der Waals surface area contributed by atoms with Crippen LogP contribution in [-0.4, -0.2) is 74.6 Å². The largest absolute Gasteiger partial charge is 0.357 e. The van der Waals surface area contributed by atoms with Crippen LogP contribution in [0.5, 0.6) is 0 Å². The SMILES string of the molecule is CN1CCCC1c1cccc(-c2noc(CN3CCCC4=C3C(=O)N(C3CCC(=O)NC3=O)C4=O)n2)c1. The zero-order valence-corrected chi connectivity index (χ0v) is 20.6. The normalized spacial score (nSPS) is 24.8. The first kappa shape index (κ1) is 23.5. The Bertz CT molecular complexity index is 1330. The van der Waals surface area contributed by atoms with Gasteiger partial charge < -0.3 is 9.42 Å². The summed E-state index contributed by atoms with van der Waals surface area (Å²) in [7, 11) is 2.13. The van der Waals surface area contributed by atoms with E-state index in [4.69, 9.17) is 4.52 Å². The molecule has 11 heteroatoms. The van der Waals surface area contributed by atoms with Gasteiger partial charge in [-0.2, -0.15) is 4.98 Å². The first-order valence-corrected chi connectivity index (χ1v) is 12.7. The van der Waals surface area contributed by atoms with Gasteiger partial charge in [-0.15, -0.1) is 0 Å². The molecule has 0 radical (unpaired) electrons. The van der Waals surface area contributed by atoms with E-state index < -0.39 is 29.7 Å². The minimum atomic E-state index is -0.980. The molecule has 6 rings (SSSR count). The second kappa shape index (κ2) is 9.22. The topological polar surface area (TPSA) is 129 Å². The Hall–Kier alpha value is -3.86. The van der Waals surface area contributed by atoms with Crippen LogP contribution in [0.3, 0.4) is 0 Å². The van der Waals surface area contributed by atoms with Gasteiger partial charge >= 0.3 is 0 Å². The van der Waals surface area contributed by atoms with Crippen LogP contribution in [0.2, 0.25) is 0 Å². The maximum Gasteiger partial charge on any atom is 0.278 e. The Morgan fingerprint density at radius 1 is 1.03 bits per heavy atom. The molecule has 0 aliphatic carbocycles. The molecule has 2 saturated heterocycles. The van der Waals surface area contributed by atoms with Crippen LogP contribution in [0.15, 0.2) is 40.1 Å². The number of aromatic nitrogens is 2. The van der Waals surface area contributed by atoms with Crippen molar-refractivity contribution in [2.45, 2.75) is 57.2 Å². The van der Waals surface area contributed by atoms with E-state index in [0.717, 1.165) is 23.4 Å². The van der Waals surface area contributed by atoms with Crippen molar-refractivity contribution in [3.8, 4) is 11.4 Å². The summed E-state index contributed by atoms with van der Waals surface area (Å²) in [4.78, 5) is 60.1. The van der Waals surface area contributed by atoms with Crippen LogP contribution >= 0.6 is 0 Å². The molecule has 0 saturated carbocycles. The van der Waals surface area contributed by atoms with Crippen molar-refractivity contribution in [1.82, 2.24) is 30.2 Å². The van der Waals surface area contributed by atoms with Gasteiger partial charge in [0, 0.05) is 30.1 Å². The molecule has 4 aliphatic rings. The van der Waals surface area contributed by atoms with Crippen LogP contribution in [-0.2, 0) is 25.7 Å². The quantitative estimate of drug-likeness (QED) is 0.603. The molecule has 11 nitrogen and oxygen atoms in total. The summed E-state index contributed by atoms with van der Waals surface area (Å²) in [6.07, 6.45) is 3.65. The van der Waals surface area contributed by atoms with Gasteiger partial charge in [0.1, 0.15) is 11.7 Å². The molecule has 192 valence electrons. The van der Waals surface area contributed by atoms with Crippen LogP contribution in [0.4, 0.5) is 0 Å². The summed E-state index contributed by atoms with van der Waals surface area (Å²) < 4.78 is 5.54. The van der Waals surface area contributed by atoms with Crippen molar-refractivity contribution in [3.05, 3.63) is 47.0 Å². The van der Waals surface area contributed by atoms with Crippen molar-refractivity contribution in [2.24, 2.45) is 0 Å². The Morgan fingerprint density at radius 3 is 2.68 bits per heavy atom. The number of piperidine rings is 1. The molecule has 1 aromatic heterocycles. The van der Waals surface area contributed by atoms with Crippen molar-refractivity contribution >= 4 is 23.6 Å². The van der Waals surface area contributed by atoms with Crippen LogP contribution in [0, 0.1) is 0 Å². The predicted octanol–water partition coefficient (Wildman–Crippen LogP) is 1.53. The van der Waals surface area contributed by atoms with Crippen molar-refractivity contribution < 1.29 is 23.7 Å². The number of benzene rings is 1. The van der Waals surface area contributed by atoms with Crippen LogP contribution in [0.1, 0.15) is 56.0 Å². The zero-order valence-electron chi connectivity index (χ0n) is 20.6. The highest BCUT2D eigenvalue weighted by atomic mass is 16.5. The lowest BCUT2D eigenvalue weighted by molar-refractivity contribution is -0.150. The lowest BCUT2D eigenvalue weighted by Gasteiger charge is -2.29. The number of nitrogens with zero attached hydrogens (tertiary/aromatic N) is 5. The molecule has 2 atom stereocenters. The van der Waals surface area contributed by atoms with E-state index in [0.29, 0.717) is 42.7 Å². The van der Waals surface area contributed by atoms with Crippen LogP contribution < -0.4 is 5.32 Å². The molecule has 2 unspecified atom stereocenters. The molecule has 5 heterocycles. The van der Waals surface area contributed by atoms with Gasteiger partial charge in [0.25, 0.3) is 11.8 Å². The molecule has 2 fully saturated rings. The summed E-state index contributed by atoms with van der Waals surface area (Å²) in [5.74, 6) is -1.17. The number of hydrogen-bond acceptors (Lipinski definition) is 9. The van der Waals surface area contributed by atoms with E-state index in [1.807, 2.05) is 12.1 Å². The molecular weight excluding hydrogens is 476 g/mol. The molecule has 2 aromatic rings. The number of rotatable bonds is 5. The summed E-state index contributed by atoms with van der Waals surface area (Å²) >= 11 is 0. The average molecular weight is 505 g/mol. The average Bonchev–Trinajstić information content (AvgIpc) is 3.59. The van der Waals surface area contributed by atoms with E-state index in [2.05, 4.69) is 39.5 Å². The molecule has 4 aliphatic heterocycles. The third-order valence-corrected chi connectivity index (χ3v) is 7.72. The van der Waals surface area contributed by atoms with Crippen molar-refractivity contribution in [2.75, 3.05) is 20.1 Å². The Morgan fingerprint density at radius 2 is 1.89 bits per heavy atom. The summed E-state index contributed by atoms with van der Waals surface area (Å²) in [5, 5.41) is 6.40. The number of imide groups is 2. The number of hydrogen-bond donors (Lipinski definition) is 1. The molecule has 1 aromatic carbocycles. The highest BCUT2D eigenvalue weighted by Gasteiger charge is 2.48. The molecule has 0 bridgehead atoms. The first-order chi connectivity index (χ1) is 17.9. The van der Waals surface area contributed by atoms with Crippen molar-refractivity contribution in [3.63, 3.8) is 0 Å². The Kier molecular flexibility index (Phi) is 5.86. The highest BCUT2D eigenvalue weighted by molar-refractivity contribution is 6.21. The second-order valence-electron chi connectivity index (χ2n) is 10.1. The Labute approximate surface area is 213 Å². The molecule has 0 spiro atoms. The maximum atomic E-state index is 13.4. The summed E-state index contributed by atoms with van der Waals surface area (Å²) in [6.45, 7) is 1.80. The fourth-order valence-corrected chi connectivity index (χ4v) is 5.88. The number of nitrogens with one attached hydrogen (secondary N) is 1. The second-order valence-corrected chi connectivity index (χ2v) is 10.1. The van der Waals surface area contributed by atoms with Crippen LogP contribution in [0.25, 0.3) is 11.4 Å². The van der Waals surface area contributed by atoms with Gasteiger partial charge in [-0.25, -0.2) is 0 Å². The van der Waals surface area contributed by atoms with Gasteiger partial charge in [0.15, 0.2) is 0 Å². The Balaban J connectivity index is 1.21. The van der Waals surface area contributed by atoms with Gasteiger partial charge in [0.05, 0.1) is 6.54 Å². The molecule has 1 N–H and O–H groups in total. The monoisotopic (exact) mass is 504 g/mol. The van der Waals surface area contributed by atoms with Gasteiger partial charge in [-0.05, 0) is 57.3 Å². The van der Waals surface area contributed by atoms with Gasteiger partial charge in [-0.3, -0.25) is 34.3 Å². The third kappa shape index (κ3) is 4.12. The fraction of sp³-hybridized carbons (Fsp3) is 0.462. The van der Waals surface area contributed by atoms with Gasteiger partial charge in [0.2, 0.25) is 23.5 Å². The fourth-order valence-electron chi connectivity index (χ4n) is 5.88. The van der Waals surface area contributed by atoms with E-state index in [1.165, 1.54) is 12.0 Å². The minimum Gasteiger partial charge on any atom is -0.357 e. The van der Waals surface area contributed by atoms with E-state index in [9.17, 15) is 19.2 Å². The maximum absolute atomic E-state index is 13.4. The summed E-state index contributed by atoms with van der Waals surface area (Å²) in [6, 6.07) is 7.57. The minimum absolute atomic E-state index is 0.0881. The molecule has 4 amide bonds. The third-order valence-electron chi connectivity index (χ3n) is 7.72. The molecule has 37 heavy (non-hydrogen) atoms. The first-order valence-electron chi connectivity index (χ1n) is 12.7. The predicted molar refractivity (Wildman–Crippen MR) is 129 cm³/mol. The lowest BCUT2D eigenvalue weighted by atomic mass is 10.0. The van der Waals surface area contributed by atoms with E-state index in [-0.39, 0.29) is 25.1 Å². The zero-order chi connectivity index (χ0) is 25.7. The summed E-state index contributed by atoms with van der Waals surface area (Å²) in [5.41, 5.74) is 2.77. The lowest BCUT2D eigenvalue weighted by Crippen LogP contribution is -2.55. The standard InChI is InChI=1S/C26H28N6O5/c1-30-11-4-8-18(30)15-5-2-6-16(13-15)23-28-21(37-29-23)14-31-12-3-7-17-22(31)26(36)32(25(17)35)19-9-10-20(33)27-24(19)34/h2,5-6,13,18-19H,3-4,7-12,14H2,1H3,(H,27,33,34). The van der Waals surface area contributed by atoms with E-state index >= 15 is 0 Å². The highest BCUT2D eigenvalue weighted by Crippen LogP contribution is 2.35. The number of carbonyl (C=O) groups excluding carboxylic acids is 4. The van der Waals surface area contributed by atoms with E-state index in [1.54, 1.807) is 4.90 Å². The van der Waals surface area contributed by atoms with Gasteiger partial charge in [-0.1, -0.05) is 23.4 Å². The van der Waals surface area contributed by atoms with Crippen molar-refractivity contribution in [1.29, 1.82) is 0 Å². The number of amides is 4. The number of carbonyl (C=O) groups is 4. The smallest absolute Gasteiger partial charge is 0.278 e. The molecular formula is C26H28N6O5.